The monoisotopic (exact) mass is 1770 g/mol. The number of esters is 3. The molecule has 36 nitrogen and oxygen atoms in total. The number of alkyl halides is 1. The van der Waals surface area contributed by atoms with Crippen LogP contribution in [0.15, 0.2) is 196 Å². The minimum atomic E-state index is -0.369. The molecule has 12 aromatic heterocycles. The maximum Gasteiger partial charge on any atom is 0.326 e. The minimum absolute atomic E-state index is 0.00178. The van der Waals surface area contributed by atoms with Gasteiger partial charge >= 0.3 is 17.9 Å². The highest BCUT2D eigenvalue weighted by molar-refractivity contribution is 9.09. The van der Waals surface area contributed by atoms with Gasteiger partial charge in [-0.1, -0.05) is 76.1 Å². The highest BCUT2D eigenvalue weighted by Crippen LogP contribution is 2.30. The molecular formula is C80H75BrCl4N28O8. The number of piperazine rings is 2. The number of hydrogen-bond acceptors (Lipinski definition) is 28. The van der Waals surface area contributed by atoms with Crippen molar-refractivity contribution in [2.45, 2.75) is 33.9 Å². The fourth-order valence-electron chi connectivity index (χ4n) is 12.8. The molecule has 20 rings (SSSR count). The van der Waals surface area contributed by atoms with E-state index in [9.17, 15) is 19.5 Å². The zero-order chi connectivity index (χ0) is 84.3. The van der Waals surface area contributed by atoms with E-state index in [0.717, 1.165) is 94.6 Å². The van der Waals surface area contributed by atoms with Crippen molar-refractivity contribution in [3.05, 3.63) is 217 Å². The summed E-state index contributed by atoms with van der Waals surface area (Å²) in [7, 11) is 0. The number of halogens is 5. The molecule has 2 fully saturated rings. The lowest BCUT2D eigenvalue weighted by atomic mass is 10.2. The van der Waals surface area contributed by atoms with E-state index in [1.54, 1.807) is 96.7 Å². The van der Waals surface area contributed by atoms with E-state index >= 15 is 0 Å². The molecule has 0 radical (unpaired) electrons. The van der Waals surface area contributed by atoms with Crippen LogP contribution in [-0.4, -0.2) is 223 Å². The Balaban J connectivity index is 0.000000124. The second-order valence-corrected chi connectivity index (χ2v) is 28.0. The number of rotatable bonds is 14. The largest absolute Gasteiger partial charge is 0.508 e. The number of nitrogens with zero attached hydrogens (tertiary/aromatic N) is 24. The van der Waals surface area contributed by atoms with Crippen molar-refractivity contribution in [2.24, 2.45) is 0 Å². The van der Waals surface area contributed by atoms with Gasteiger partial charge in [0.05, 0.1) is 95.6 Å². The van der Waals surface area contributed by atoms with Crippen LogP contribution < -0.4 is 20.0 Å². The number of phenols is 2. The number of anilines is 3. The first-order valence-corrected chi connectivity index (χ1v) is 40.4. The van der Waals surface area contributed by atoms with Crippen molar-refractivity contribution in [1.29, 1.82) is 0 Å². The summed E-state index contributed by atoms with van der Waals surface area (Å²) >= 11 is 26.2. The van der Waals surface area contributed by atoms with E-state index < -0.39 is 0 Å². The van der Waals surface area contributed by atoms with E-state index in [4.69, 9.17) is 71.0 Å². The third-order valence-electron chi connectivity index (χ3n) is 18.4. The predicted molar refractivity (Wildman–Crippen MR) is 463 cm³/mol. The number of ether oxygens (including phenoxy) is 3. The molecule has 0 bridgehead atoms. The lowest BCUT2D eigenvalue weighted by Crippen LogP contribution is -2.47. The minimum Gasteiger partial charge on any atom is -0.508 e. The standard InChI is InChI=1S/C26H26N8O3.C16H13ClN6O2.C12H7ClN6.C10H14N2O.C7H6N2.C5H2Cl2N4.C4H7BrO2/c1-2-37-22(36)15-33-16-28-23-24(33)29-26(30-25(23)34-17-27-20-5-3-4-6-21(20)34)32-13-11-31(12-14-32)18-7-9-19(35)10-8-18;1-2-25-12(24)7-22-8-19-13-14(22)20-16(17)21-15(13)23-9-18-10-5-3-4-6-11(10)23;13-12-17-10-9(14-5-15-10)11(18-12)19-6-16-7-3-1-2-4-8(7)19;13-10-3-1-9(2-4-10)12-7-5-11-6-8-12;1-2-4-7-6(3-1)8-5-9-7;6-3-2-4(9-1-8-2)11-5(7)10-3;1-2-7-4(6)3-5/h3-10,16-17,35H,2,11-15H2,1H3;3-6,8-9H,2,7H2,1H3;1-6H,(H,14,15,17,18);1-4,11,13H,5-8H2;1-5H,(H,8,9);1H,(H,8,9,10,11);2-3H2,1H3. The lowest BCUT2D eigenvalue weighted by Gasteiger charge is -2.36. The molecule has 2 aliphatic rings. The van der Waals surface area contributed by atoms with E-state index in [1.807, 2.05) is 130 Å². The van der Waals surface area contributed by atoms with Crippen LogP contribution >= 0.6 is 62.3 Å². The number of benzene rings is 6. The molecule has 14 heterocycles. The summed E-state index contributed by atoms with van der Waals surface area (Å²) in [5.41, 5.74) is 14.2. The second-order valence-electron chi connectivity index (χ2n) is 26.1. The Morgan fingerprint density at radius 2 is 0.835 bits per heavy atom. The van der Waals surface area contributed by atoms with Crippen LogP contribution in [-0.2, 0) is 41.7 Å². The van der Waals surface area contributed by atoms with Gasteiger partial charge in [-0.25, -0.2) is 44.9 Å². The average molecular weight is 1780 g/mol. The van der Waals surface area contributed by atoms with Gasteiger partial charge < -0.3 is 68.5 Å². The number of aromatic amines is 3. The van der Waals surface area contributed by atoms with Gasteiger partial charge in [-0.3, -0.25) is 28.1 Å². The van der Waals surface area contributed by atoms with Crippen LogP contribution in [0.2, 0.25) is 21.0 Å². The summed E-state index contributed by atoms with van der Waals surface area (Å²) in [5, 5.41) is 22.9. The van der Waals surface area contributed by atoms with E-state index in [2.05, 4.69) is 125 Å². The van der Waals surface area contributed by atoms with Crippen LogP contribution in [0, 0.1) is 0 Å². The first-order chi connectivity index (χ1) is 59.0. The molecule has 18 aromatic rings. The number of H-pyrrole nitrogens is 3. The zero-order valence-electron chi connectivity index (χ0n) is 64.8. The normalized spacial score (nSPS) is 12.5. The van der Waals surface area contributed by atoms with Gasteiger partial charge in [0.2, 0.25) is 21.8 Å². The van der Waals surface area contributed by atoms with Crippen LogP contribution in [0.5, 0.6) is 11.5 Å². The molecule has 41 heteroatoms. The van der Waals surface area contributed by atoms with Crippen LogP contribution in [0.1, 0.15) is 20.8 Å². The molecule has 2 saturated heterocycles. The highest BCUT2D eigenvalue weighted by Gasteiger charge is 2.26. The fourth-order valence-corrected chi connectivity index (χ4v) is 13.7. The van der Waals surface area contributed by atoms with Crippen LogP contribution in [0.25, 0.3) is 106 Å². The first kappa shape index (κ1) is 83.9. The Morgan fingerprint density at radius 1 is 0.413 bits per heavy atom. The molecule has 0 aliphatic carbocycles. The van der Waals surface area contributed by atoms with Crippen LogP contribution in [0.3, 0.4) is 0 Å². The number of para-hydroxylation sites is 8. The molecule has 6 aromatic carbocycles. The summed E-state index contributed by atoms with van der Waals surface area (Å²) in [4.78, 5) is 118. The molecule has 0 saturated carbocycles. The molecule has 0 atom stereocenters. The Kier molecular flexibility index (Phi) is 27.6. The van der Waals surface area contributed by atoms with Crippen molar-refractivity contribution in [1.82, 2.24) is 123 Å². The number of fused-ring (bicyclic) bond motifs is 8. The number of nitrogens with one attached hydrogen (secondary N) is 4. The Hall–Kier alpha value is -13.6. The van der Waals surface area contributed by atoms with Crippen molar-refractivity contribution in [3.8, 4) is 29.0 Å². The van der Waals surface area contributed by atoms with Crippen molar-refractivity contribution in [2.75, 3.05) is 92.2 Å². The van der Waals surface area contributed by atoms with E-state index in [1.165, 1.54) is 18.3 Å². The number of imidazole rings is 8. The highest BCUT2D eigenvalue weighted by atomic mass is 79.9. The summed E-state index contributed by atoms with van der Waals surface area (Å²) in [6, 6.07) is 45.9. The van der Waals surface area contributed by atoms with Gasteiger partial charge in [-0.05, 0) is 153 Å². The summed E-state index contributed by atoms with van der Waals surface area (Å²) in [5.74, 6) is 1.98. The number of carbonyl (C=O) groups excluding carboxylic acids is 3. The molecular weight excluding hydrogens is 1700 g/mol. The topological polar surface area (TPSA) is 419 Å². The molecule has 6 N–H and O–H groups in total. The number of aromatic hydroxyl groups is 2. The number of phenolic OH excluding ortho intramolecular Hbond substituents is 2. The molecule has 618 valence electrons. The molecule has 0 amide bonds. The van der Waals surface area contributed by atoms with Gasteiger partial charge in [0, 0.05) is 63.7 Å². The fraction of sp³-hybridized carbons (Fsp3) is 0.212. The van der Waals surface area contributed by atoms with Gasteiger partial charge in [0.15, 0.2) is 56.2 Å². The van der Waals surface area contributed by atoms with Gasteiger partial charge in [0.25, 0.3) is 0 Å². The molecule has 0 spiro atoms. The molecule has 0 unspecified atom stereocenters. The van der Waals surface area contributed by atoms with Crippen molar-refractivity contribution >= 4 is 186 Å². The average Bonchev–Trinajstić information content (AvgIpc) is 1.62. The van der Waals surface area contributed by atoms with Gasteiger partial charge in [0.1, 0.15) is 59.9 Å². The van der Waals surface area contributed by atoms with Crippen molar-refractivity contribution in [3.63, 3.8) is 0 Å². The first-order valence-electron chi connectivity index (χ1n) is 37.7. The third kappa shape index (κ3) is 20.4. The SMILES string of the molecule is CCOC(=O)CBr.CCOC(=O)Cn1cnc2c(-n3cnc4ccccc43)nc(Cl)nc21.CCOC(=O)Cn1cnc2c(-n3cnc4ccccc43)nc(N3CCN(c4ccc(O)cc4)CC3)nc21.Clc1nc(-n2cnc3ccccc32)c2[nH]cnc2n1.Clc1nc(Cl)c2[nH]cnc2n1.Oc1ccc(N2CCNCC2)cc1.c1ccc2[nH]cnc2c1. The van der Waals surface area contributed by atoms with Crippen molar-refractivity contribution < 1.29 is 38.8 Å². The van der Waals surface area contributed by atoms with Gasteiger partial charge in [-0.15, -0.1) is 0 Å². The Morgan fingerprint density at radius 3 is 1.35 bits per heavy atom. The Bertz CT molecular complexity index is 6530. The van der Waals surface area contributed by atoms with Gasteiger partial charge in [-0.2, -0.15) is 34.9 Å². The predicted octanol–water partition coefficient (Wildman–Crippen LogP) is 12.5. The summed E-state index contributed by atoms with van der Waals surface area (Å²) in [6.45, 7) is 13.6. The quantitative estimate of drug-likeness (QED) is 0.0194. The lowest BCUT2D eigenvalue weighted by molar-refractivity contribution is -0.144. The van der Waals surface area contributed by atoms with Crippen LogP contribution in [0.4, 0.5) is 17.3 Å². The maximum atomic E-state index is 12.3. The number of aromatic nitrogens is 24. The van der Waals surface area contributed by atoms with E-state index in [-0.39, 0.29) is 57.8 Å². The number of carbonyl (C=O) groups is 3. The molecule has 121 heavy (non-hydrogen) atoms. The smallest absolute Gasteiger partial charge is 0.326 e. The Labute approximate surface area is 715 Å². The summed E-state index contributed by atoms with van der Waals surface area (Å²) < 4.78 is 23.5. The summed E-state index contributed by atoms with van der Waals surface area (Å²) in [6.07, 6.45) is 13.0. The zero-order valence-corrected chi connectivity index (χ0v) is 69.5. The second kappa shape index (κ2) is 39.8. The maximum absolute atomic E-state index is 12.3. The third-order valence-corrected chi connectivity index (χ3v) is 19.6. The molecule has 2 aliphatic heterocycles. The number of hydrogen-bond donors (Lipinski definition) is 6. The van der Waals surface area contributed by atoms with E-state index in [0.29, 0.717) is 107 Å².